The van der Waals surface area contributed by atoms with Crippen LogP contribution in [0.2, 0.25) is 5.02 Å². The Morgan fingerprint density at radius 2 is 1.92 bits per heavy atom. The third-order valence-electron chi connectivity index (χ3n) is 4.22. The molecule has 0 atom stereocenters. The van der Waals surface area contributed by atoms with Crippen LogP contribution in [0.25, 0.3) is 0 Å². The van der Waals surface area contributed by atoms with Gasteiger partial charge < -0.3 is 9.80 Å². The molecule has 0 bridgehead atoms. The first-order chi connectivity index (χ1) is 12.0. The Morgan fingerprint density at radius 3 is 2.60 bits per heavy atom. The third-order valence-corrected chi connectivity index (χ3v) is 4.45. The second-order valence-electron chi connectivity index (χ2n) is 5.94. The molecule has 0 unspecified atom stereocenters. The molecule has 4 nitrogen and oxygen atoms in total. The Hall–Kier alpha value is -2.59. The van der Waals surface area contributed by atoms with E-state index in [4.69, 9.17) is 16.6 Å². The van der Waals surface area contributed by atoms with Crippen LogP contribution in [0.15, 0.2) is 65.4 Å². The number of amides is 1. The van der Waals surface area contributed by atoms with Crippen molar-refractivity contribution in [3.05, 3.63) is 76.6 Å². The average Bonchev–Trinajstić information content (AvgIpc) is 2.73. The van der Waals surface area contributed by atoms with Crippen molar-refractivity contribution in [2.45, 2.75) is 6.92 Å². The first-order valence-electron chi connectivity index (χ1n) is 8.15. The number of aliphatic imine (C=N–C) groups is 1. The average molecular weight is 354 g/mol. The highest BCUT2D eigenvalue weighted by molar-refractivity contribution is 6.32. The summed E-state index contributed by atoms with van der Waals surface area (Å²) in [5.41, 5.74) is 3.72. The van der Waals surface area contributed by atoms with E-state index in [2.05, 4.69) is 0 Å². The standard InChI is InChI=1S/C20H20ClN3O/c1-4-23(2)13-17-20(25)24(3)18-11-10-15(21)12-16(18)19(22-17)14-8-6-5-7-9-14/h5-13H,4H2,1-3H3/b17-13+. The van der Waals surface area contributed by atoms with Crippen LogP contribution < -0.4 is 4.90 Å². The van der Waals surface area contributed by atoms with Crippen molar-refractivity contribution in [1.29, 1.82) is 0 Å². The van der Waals surface area contributed by atoms with Crippen LogP contribution in [0.1, 0.15) is 18.1 Å². The summed E-state index contributed by atoms with van der Waals surface area (Å²) in [5.74, 6) is -0.144. The topological polar surface area (TPSA) is 35.9 Å². The molecule has 0 saturated carbocycles. The van der Waals surface area contributed by atoms with Gasteiger partial charge >= 0.3 is 0 Å². The summed E-state index contributed by atoms with van der Waals surface area (Å²) in [6.45, 7) is 2.81. The maximum atomic E-state index is 12.9. The molecule has 3 rings (SSSR count). The van der Waals surface area contributed by atoms with Gasteiger partial charge in [0.25, 0.3) is 5.91 Å². The van der Waals surface area contributed by atoms with Gasteiger partial charge in [0.2, 0.25) is 0 Å². The molecule has 0 radical (unpaired) electrons. The summed E-state index contributed by atoms with van der Waals surface area (Å²) in [6, 6.07) is 15.4. The fourth-order valence-corrected chi connectivity index (χ4v) is 2.87. The summed E-state index contributed by atoms with van der Waals surface area (Å²) in [6.07, 6.45) is 1.79. The van der Waals surface area contributed by atoms with Crippen molar-refractivity contribution >= 4 is 28.9 Å². The van der Waals surface area contributed by atoms with Gasteiger partial charge in [-0.25, -0.2) is 4.99 Å². The van der Waals surface area contributed by atoms with Crippen LogP contribution in [-0.4, -0.2) is 37.2 Å². The number of anilines is 1. The quantitative estimate of drug-likeness (QED) is 0.783. The van der Waals surface area contributed by atoms with E-state index in [0.717, 1.165) is 29.1 Å². The van der Waals surface area contributed by atoms with Gasteiger partial charge in [-0.2, -0.15) is 0 Å². The number of fused-ring (bicyclic) bond motifs is 1. The number of rotatable bonds is 3. The normalized spacial score (nSPS) is 15.7. The van der Waals surface area contributed by atoms with Gasteiger partial charge in [-0.15, -0.1) is 0 Å². The van der Waals surface area contributed by atoms with Gasteiger partial charge in [0, 0.05) is 43.0 Å². The van der Waals surface area contributed by atoms with Gasteiger partial charge in [0.15, 0.2) is 0 Å². The predicted molar refractivity (Wildman–Crippen MR) is 103 cm³/mol. The zero-order valence-corrected chi connectivity index (χ0v) is 15.3. The highest BCUT2D eigenvalue weighted by Crippen LogP contribution is 2.31. The lowest BCUT2D eigenvalue weighted by atomic mass is 10.0. The molecule has 1 aliphatic heterocycles. The highest BCUT2D eigenvalue weighted by Gasteiger charge is 2.26. The number of hydrogen-bond acceptors (Lipinski definition) is 3. The summed E-state index contributed by atoms with van der Waals surface area (Å²) in [4.78, 5) is 21.2. The maximum absolute atomic E-state index is 12.9. The van der Waals surface area contributed by atoms with E-state index in [1.165, 1.54) is 0 Å². The Bertz CT molecular complexity index is 858. The molecule has 0 N–H and O–H groups in total. The molecule has 1 aliphatic rings. The van der Waals surface area contributed by atoms with Gasteiger partial charge in [-0.05, 0) is 25.1 Å². The van der Waals surface area contributed by atoms with Gasteiger partial charge in [-0.3, -0.25) is 4.79 Å². The minimum Gasteiger partial charge on any atom is -0.379 e. The second kappa shape index (κ2) is 7.11. The number of benzene rings is 2. The first kappa shape index (κ1) is 17.2. The maximum Gasteiger partial charge on any atom is 0.278 e. The minimum absolute atomic E-state index is 0.144. The molecule has 25 heavy (non-hydrogen) atoms. The number of carbonyl (C=O) groups is 1. The molecule has 1 heterocycles. The van der Waals surface area contributed by atoms with Crippen molar-refractivity contribution in [3.8, 4) is 0 Å². The largest absolute Gasteiger partial charge is 0.379 e. The van der Waals surface area contributed by atoms with Crippen molar-refractivity contribution in [1.82, 2.24) is 4.90 Å². The van der Waals surface area contributed by atoms with Crippen LogP contribution in [0.3, 0.4) is 0 Å². The van der Waals surface area contributed by atoms with Crippen molar-refractivity contribution < 1.29 is 4.79 Å². The molecule has 2 aromatic rings. The van der Waals surface area contributed by atoms with Crippen molar-refractivity contribution in [3.63, 3.8) is 0 Å². The van der Waals surface area contributed by atoms with Crippen LogP contribution in [-0.2, 0) is 4.79 Å². The second-order valence-corrected chi connectivity index (χ2v) is 6.38. The van der Waals surface area contributed by atoms with Crippen LogP contribution in [0.5, 0.6) is 0 Å². The summed E-state index contributed by atoms with van der Waals surface area (Å²) < 4.78 is 0. The SMILES string of the molecule is CCN(C)/C=C1/N=C(c2ccccc2)c2cc(Cl)ccc2N(C)C1=O. The molecule has 0 fully saturated rings. The zero-order chi connectivity index (χ0) is 18.0. The van der Waals surface area contributed by atoms with Gasteiger partial charge in [-0.1, -0.05) is 41.9 Å². The van der Waals surface area contributed by atoms with E-state index in [1.807, 2.05) is 61.3 Å². The minimum atomic E-state index is -0.144. The van der Waals surface area contributed by atoms with Gasteiger partial charge in [0.05, 0.1) is 11.4 Å². The fraction of sp³-hybridized carbons (Fsp3) is 0.200. The summed E-state index contributed by atoms with van der Waals surface area (Å²) >= 11 is 6.23. The molecular formula is C20H20ClN3O. The Kier molecular flexibility index (Phi) is 4.91. The lowest BCUT2D eigenvalue weighted by Gasteiger charge is -2.19. The van der Waals surface area contributed by atoms with Crippen LogP contribution >= 0.6 is 11.6 Å². The zero-order valence-electron chi connectivity index (χ0n) is 14.5. The Labute approximate surface area is 153 Å². The number of carbonyl (C=O) groups excluding carboxylic acids is 1. The van der Waals surface area contributed by atoms with Crippen LogP contribution in [0, 0.1) is 0 Å². The summed E-state index contributed by atoms with van der Waals surface area (Å²) in [7, 11) is 3.69. The molecule has 0 saturated heterocycles. The summed E-state index contributed by atoms with van der Waals surface area (Å²) in [5, 5.41) is 0.612. The van der Waals surface area contributed by atoms with Crippen molar-refractivity contribution in [2.24, 2.45) is 4.99 Å². The Morgan fingerprint density at radius 1 is 1.20 bits per heavy atom. The number of hydrogen-bond donors (Lipinski definition) is 0. The molecule has 2 aromatic carbocycles. The van der Waals surface area contributed by atoms with E-state index in [0.29, 0.717) is 10.7 Å². The monoisotopic (exact) mass is 353 g/mol. The third kappa shape index (κ3) is 3.44. The lowest BCUT2D eigenvalue weighted by molar-refractivity contribution is -0.114. The Balaban J connectivity index is 2.27. The number of nitrogens with zero attached hydrogens (tertiary/aromatic N) is 3. The molecule has 5 heteroatoms. The van der Waals surface area contributed by atoms with E-state index < -0.39 is 0 Å². The van der Waals surface area contributed by atoms with E-state index in [1.54, 1.807) is 24.2 Å². The highest BCUT2D eigenvalue weighted by atomic mass is 35.5. The molecule has 1 amide bonds. The molecule has 0 aromatic heterocycles. The first-order valence-corrected chi connectivity index (χ1v) is 8.53. The van der Waals surface area contributed by atoms with Gasteiger partial charge in [0.1, 0.15) is 5.70 Å². The van der Waals surface area contributed by atoms with E-state index in [9.17, 15) is 4.79 Å². The van der Waals surface area contributed by atoms with Crippen molar-refractivity contribution in [2.75, 3.05) is 25.5 Å². The lowest BCUT2D eigenvalue weighted by Crippen LogP contribution is -2.28. The fourth-order valence-electron chi connectivity index (χ4n) is 2.70. The number of likely N-dealkylation sites (N-methyl/N-ethyl adjacent to an activating group) is 1. The molecule has 0 spiro atoms. The number of halogens is 1. The smallest absolute Gasteiger partial charge is 0.278 e. The molecular weight excluding hydrogens is 334 g/mol. The van der Waals surface area contributed by atoms with E-state index in [-0.39, 0.29) is 5.91 Å². The molecule has 0 aliphatic carbocycles. The predicted octanol–water partition coefficient (Wildman–Crippen LogP) is 3.95. The molecule has 128 valence electrons. The number of benzodiazepines with no additional fused rings is 1. The van der Waals surface area contributed by atoms with E-state index >= 15 is 0 Å². The van der Waals surface area contributed by atoms with Crippen LogP contribution in [0.4, 0.5) is 5.69 Å².